The fourth-order valence-electron chi connectivity index (χ4n) is 0.784. The van der Waals surface area contributed by atoms with Crippen LogP contribution in [0.25, 0.3) is 0 Å². The summed E-state index contributed by atoms with van der Waals surface area (Å²) in [6.07, 6.45) is 0. The molecule has 0 radical (unpaired) electrons. The van der Waals surface area contributed by atoms with Crippen molar-refractivity contribution in [1.82, 2.24) is 5.32 Å². The Kier molecular flexibility index (Phi) is 8.49. The highest BCUT2D eigenvalue weighted by atomic mass is 16.2. The highest BCUT2D eigenvalue weighted by Crippen LogP contribution is 2.02. The van der Waals surface area contributed by atoms with Crippen LogP contribution in [0.3, 0.4) is 0 Å². The van der Waals surface area contributed by atoms with E-state index < -0.39 is 12.1 Å². The Morgan fingerprint density at radius 1 is 1.00 bits per heavy atom. The van der Waals surface area contributed by atoms with Gasteiger partial charge in [0.25, 0.3) is 0 Å². The molecular formula is C11H19N3O2. The van der Waals surface area contributed by atoms with Gasteiger partial charge in [0, 0.05) is 0 Å². The van der Waals surface area contributed by atoms with Crippen molar-refractivity contribution >= 4 is 12.1 Å². The van der Waals surface area contributed by atoms with Crippen LogP contribution < -0.4 is 16.8 Å². The van der Waals surface area contributed by atoms with Crippen molar-refractivity contribution in [2.45, 2.75) is 21.3 Å². The van der Waals surface area contributed by atoms with E-state index in [0.717, 1.165) is 0 Å². The van der Waals surface area contributed by atoms with E-state index in [1.807, 2.05) is 0 Å². The predicted octanol–water partition coefficient (Wildman–Crippen LogP) is 1.67. The first-order valence-electron chi connectivity index (χ1n) is 4.31. The summed E-state index contributed by atoms with van der Waals surface area (Å²) in [6, 6.07) is 6.48. The average molecular weight is 225 g/mol. The molecule has 1 aromatic carbocycles. The molecule has 90 valence electrons. The van der Waals surface area contributed by atoms with Crippen LogP contribution in [-0.4, -0.2) is 12.1 Å². The van der Waals surface area contributed by atoms with Crippen molar-refractivity contribution in [3.05, 3.63) is 35.4 Å². The third-order valence-electron chi connectivity index (χ3n) is 1.67. The Morgan fingerprint density at radius 3 is 1.44 bits per heavy atom. The van der Waals surface area contributed by atoms with Crippen LogP contribution in [-0.2, 0) is 0 Å². The van der Waals surface area contributed by atoms with Gasteiger partial charge in [-0.05, 0) is 25.0 Å². The summed E-state index contributed by atoms with van der Waals surface area (Å²) in [5.74, 6) is 0. The minimum atomic E-state index is -0.938. The average Bonchev–Trinajstić information content (AvgIpc) is 2.08. The Balaban J connectivity index is 0. The first-order valence-corrected chi connectivity index (χ1v) is 4.31. The van der Waals surface area contributed by atoms with Crippen molar-refractivity contribution in [2.75, 3.05) is 0 Å². The number of hydrogen-bond donors (Lipinski definition) is 3. The number of carbonyl (C=O) groups excluding carboxylic acids is 2. The van der Waals surface area contributed by atoms with Gasteiger partial charge in [0.05, 0.1) is 0 Å². The fourth-order valence-corrected chi connectivity index (χ4v) is 0.784. The van der Waals surface area contributed by atoms with Crippen molar-refractivity contribution in [2.24, 2.45) is 11.5 Å². The maximum absolute atomic E-state index is 9.62. The minimum absolute atomic E-state index is 0. The first-order chi connectivity index (χ1) is 6.93. The van der Waals surface area contributed by atoms with Crippen LogP contribution >= 0.6 is 0 Å². The van der Waals surface area contributed by atoms with Crippen molar-refractivity contribution < 1.29 is 9.59 Å². The largest absolute Gasteiger partial charge is 0.351 e. The molecule has 0 unspecified atom stereocenters. The number of imide groups is 1. The van der Waals surface area contributed by atoms with Crippen LogP contribution in [0.1, 0.15) is 18.6 Å². The van der Waals surface area contributed by atoms with Crippen LogP contribution in [0.15, 0.2) is 24.3 Å². The normalized spacial score (nSPS) is 7.88. The summed E-state index contributed by atoms with van der Waals surface area (Å²) < 4.78 is 0. The van der Waals surface area contributed by atoms with Gasteiger partial charge in [-0.2, -0.15) is 0 Å². The SMILES string of the molecule is C.Cc1ccccc1C.NC(=O)NC(N)=O. The molecule has 0 aromatic heterocycles. The van der Waals surface area contributed by atoms with Crippen molar-refractivity contribution in [3.63, 3.8) is 0 Å². The van der Waals surface area contributed by atoms with E-state index in [4.69, 9.17) is 0 Å². The molecule has 0 heterocycles. The second kappa shape index (κ2) is 8.28. The van der Waals surface area contributed by atoms with Gasteiger partial charge in [0.1, 0.15) is 0 Å². The van der Waals surface area contributed by atoms with Gasteiger partial charge in [0.15, 0.2) is 0 Å². The minimum Gasteiger partial charge on any atom is -0.351 e. The molecule has 5 nitrogen and oxygen atoms in total. The van der Waals surface area contributed by atoms with Gasteiger partial charge >= 0.3 is 12.1 Å². The smallest absolute Gasteiger partial charge is 0.320 e. The van der Waals surface area contributed by atoms with E-state index in [1.165, 1.54) is 11.1 Å². The molecule has 0 saturated carbocycles. The molecule has 0 saturated heterocycles. The maximum Gasteiger partial charge on any atom is 0.320 e. The molecule has 0 fully saturated rings. The molecule has 1 aromatic rings. The number of benzene rings is 1. The lowest BCUT2D eigenvalue weighted by atomic mass is 10.1. The topological polar surface area (TPSA) is 98.2 Å². The van der Waals surface area contributed by atoms with Gasteiger partial charge < -0.3 is 11.5 Å². The summed E-state index contributed by atoms with van der Waals surface area (Å²) in [5, 5.41) is 1.58. The number of aryl methyl sites for hydroxylation is 2. The second-order valence-corrected chi connectivity index (χ2v) is 2.94. The number of amides is 4. The zero-order chi connectivity index (χ0) is 11.8. The van der Waals surface area contributed by atoms with Crippen LogP contribution in [0.4, 0.5) is 9.59 Å². The molecule has 4 amide bonds. The van der Waals surface area contributed by atoms with Gasteiger partial charge in [0.2, 0.25) is 0 Å². The monoisotopic (exact) mass is 225 g/mol. The van der Waals surface area contributed by atoms with Crippen molar-refractivity contribution in [1.29, 1.82) is 0 Å². The number of carbonyl (C=O) groups is 2. The van der Waals surface area contributed by atoms with Crippen LogP contribution in [0.5, 0.6) is 0 Å². The number of primary amides is 2. The summed E-state index contributed by atoms with van der Waals surface area (Å²) in [7, 11) is 0. The summed E-state index contributed by atoms with van der Waals surface area (Å²) >= 11 is 0. The van der Waals surface area contributed by atoms with E-state index in [9.17, 15) is 9.59 Å². The lowest BCUT2D eigenvalue weighted by molar-refractivity contribution is 0.236. The van der Waals surface area contributed by atoms with Crippen molar-refractivity contribution in [3.8, 4) is 0 Å². The highest BCUT2D eigenvalue weighted by molar-refractivity contribution is 5.91. The zero-order valence-electron chi connectivity index (χ0n) is 8.78. The molecule has 5 heteroatoms. The van der Waals surface area contributed by atoms with Gasteiger partial charge in [-0.3, -0.25) is 5.32 Å². The molecule has 0 atom stereocenters. The number of nitrogens with two attached hydrogens (primary N) is 2. The highest BCUT2D eigenvalue weighted by Gasteiger charge is 1.92. The Bertz CT molecular complexity index is 318. The van der Waals surface area contributed by atoms with E-state index in [1.54, 1.807) is 5.32 Å². The van der Waals surface area contributed by atoms with E-state index in [2.05, 4.69) is 49.6 Å². The number of rotatable bonds is 0. The quantitative estimate of drug-likeness (QED) is 0.626. The summed E-state index contributed by atoms with van der Waals surface area (Å²) in [5.41, 5.74) is 11.6. The van der Waals surface area contributed by atoms with E-state index >= 15 is 0 Å². The van der Waals surface area contributed by atoms with E-state index in [0.29, 0.717) is 0 Å². The molecular weight excluding hydrogens is 206 g/mol. The molecule has 0 aliphatic carbocycles. The summed E-state index contributed by atoms with van der Waals surface area (Å²) in [4.78, 5) is 19.2. The molecule has 0 aliphatic rings. The third kappa shape index (κ3) is 8.55. The number of urea groups is 2. The maximum atomic E-state index is 9.62. The molecule has 0 bridgehead atoms. The van der Waals surface area contributed by atoms with E-state index in [-0.39, 0.29) is 7.43 Å². The van der Waals surface area contributed by atoms with Crippen LogP contribution in [0.2, 0.25) is 0 Å². The van der Waals surface area contributed by atoms with Crippen LogP contribution in [0, 0.1) is 13.8 Å². The molecule has 16 heavy (non-hydrogen) atoms. The van der Waals surface area contributed by atoms with Gasteiger partial charge in [-0.25, -0.2) is 9.59 Å². The first kappa shape index (κ1) is 16.4. The fraction of sp³-hybridized carbons (Fsp3) is 0.273. The predicted molar refractivity (Wildman–Crippen MR) is 64.9 cm³/mol. The molecule has 0 spiro atoms. The number of nitrogens with one attached hydrogen (secondary N) is 1. The molecule has 1 rings (SSSR count). The third-order valence-corrected chi connectivity index (χ3v) is 1.67. The zero-order valence-corrected chi connectivity index (χ0v) is 8.78. The Labute approximate surface area is 95.8 Å². The number of hydrogen-bond acceptors (Lipinski definition) is 2. The second-order valence-electron chi connectivity index (χ2n) is 2.94. The molecule has 5 N–H and O–H groups in total. The lowest BCUT2D eigenvalue weighted by Crippen LogP contribution is -2.38. The Morgan fingerprint density at radius 2 is 1.31 bits per heavy atom. The lowest BCUT2D eigenvalue weighted by Gasteiger charge is -1.93. The standard InChI is InChI=1S/C8H10.C2H5N3O2.CH4/c1-7-5-3-4-6-8(7)2;3-1(6)5-2(4)7;/h3-6H,1-2H3;(H5,3,4,5,6,7);1H4. The van der Waals surface area contributed by atoms with Gasteiger partial charge in [-0.15, -0.1) is 0 Å². The summed E-state index contributed by atoms with van der Waals surface area (Å²) in [6.45, 7) is 4.24. The molecule has 0 aliphatic heterocycles. The van der Waals surface area contributed by atoms with Gasteiger partial charge in [-0.1, -0.05) is 31.7 Å². The Hall–Kier alpha value is -2.04.